The van der Waals surface area contributed by atoms with Crippen LogP contribution in [0.2, 0.25) is 0 Å². The molecule has 0 heterocycles. The molecule has 3 aromatic rings. The van der Waals surface area contributed by atoms with E-state index < -0.39 is 27.6 Å². The molecule has 0 saturated heterocycles. The summed E-state index contributed by atoms with van der Waals surface area (Å²) in [6.45, 7) is 1.85. The molecular weight excluding hydrogens is 382 g/mol. The van der Waals surface area contributed by atoms with E-state index in [1.807, 2.05) is 6.92 Å². The Kier molecular flexibility index (Phi) is 5.91. The lowest BCUT2D eigenvalue weighted by atomic mass is 10.1. The van der Waals surface area contributed by atoms with E-state index in [-0.39, 0.29) is 16.2 Å². The van der Waals surface area contributed by atoms with Gasteiger partial charge in [-0.1, -0.05) is 43.3 Å². The highest BCUT2D eigenvalue weighted by molar-refractivity contribution is 7.90. The molecule has 0 saturated carbocycles. The van der Waals surface area contributed by atoms with Crippen LogP contribution >= 0.6 is 0 Å². The molecule has 0 aromatic heterocycles. The first-order chi connectivity index (χ1) is 13.3. The molecule has 0 aliphatic rings. The third kappa shape index (κ3) is 4.46. The molecule has 1 N–H and O–H groups in total. The van der Waals surface area contributed by atoms with Crippen molar-refractivity contribution in [2.24, 2.45) is 0 Å². The van der Waals surface area contributed by atoms with Gasteiger partial charge in [0.05, 0.1) is 16.8 Å². The zero-order valence-corrected chi connectivity index (χ0v) is 16.1. The molecule has 146 valence electrons. The summed E-state index contributed by atoms with van der Waals surface area (Å²) < 4.78 is 52.4. The van der Waals surface area contributed by atoms with Gasteiger partial charge in [-0.15, -0.1) is 0 Å². The molecule has 0 radical (unpaired) electrons. The number of halogens is 2. The summed E-state index contributed by atoms with van der Waals surface area (Å²) in [6.07, 6.45) is -0.0926. The second kappa shape index (κ2) is 8.20. The van der Waals surface area contributed by atoms with E-state index in [1.165, 1.54) is 30.3 Å². The van der Waals surface area contributed by atoms with Gasteiger partial charge in [0, 0.05) is 11.6 Å². The summed E-state index contributed by atoms with van der Waals surface area (Å²) in [6, 6.07) is 16.0. The van der Waals surface area contributed by atoms with Gasteiger partial charge < -0.3 is 5.11 Å². The van der Waals surface area contributed by atoms with Crippen molar-refractivity contribution in [3.05, 3.63) is 89.5 Å². The van der Waals surface area contributed by atoms with Crippen molar-refractivity contribution in [1.82, 2.24) is 0 Å². The fourth-order valence-corrected chi connectivity index (χ4v) is 4.33. The Morgan fingerprint density at radius 2 is 1.68 bits per heavy atom. The largest absolute Gasteiger partial charge is 0.388 e. The van der Waals surface area contributed by atoms with Crippen molar-refractivity contribution in [1.29, 1.82) is 0 Å². The second-order valence-electron chi connectivity index (χ2n) is 6.58. The predicted octanol–water partition coefficient (Wildman–Crippen LogP) is 5.05. The van der Waals surface area contributed by atoms with Crippen LogP contribution in [0.15, 0.2) is 71.6 Å². The van der Waals surface area contributed by atoms with Crippen molar-refractivity contribution in [2.75, 3.05) is 0 Å². The van der Waals surface area contributed by atoms with E-state index in [1.54, 1.807) is 24.3 Å². The summed E-state index contributed by atoms with van der Waals surface area (Å²) in [5.74, 6) is -1.58. The Hall–Kier alpha value is -2.57. The standard InChI is InChI=1S/C22H20F2O3S/c1-2-22(25)17-5-3-4-15(12-17)14-28(26,27)19-9-6-16(7-10-19)20-11-8-18(23)13-21(20)24/h3-13,22,25H,2,14H2,1H3. The molecule has 3 aromatic carbocycles. The van der Waals surface area contributed by atoms with Gasteiger partial charge in [0.2, 0.25) is 0 Å². The number of rotatable bonds is 6. The van der Waals surface area contributed by atoms with Crippen LogP contribution in [0.3, 0.4) is 0 Å². The minimum atomic E-state index is -3.61. The van der Waals surface area contributed by atoms with Crippen molar-refractivity contribution < 1.29 is 22.3 Å². The summed E-state index contributed by atoms with van der Waals surface area (Å²) >= 11 is 0. The third-order valence-corrected chi connectivity index (χ3v) is 6.24. The maximum Gasteiger partial charge on any atom is 0.182 e. The van der Waals surface area contributed by atoms with E-state index in [4.69, 9.17) is 0 Å². The van der Waals surface area contributed by atoms with Gasteiger partial charge in [-0.3, -0.25) is 0 Å². The highest BCUT2D eigenvalue weighted by Crippen LogP contribution is 2.26. The summed E-state index contributed by atoms with van der Waals surface area (Å²) in [5, 5.41) is 9.94. The number of benzene rings is 3. The molecule has 1 atom stereocenters. The Balaban J connectivity index is 1.85. The van der Waals surface area contributed by atoms with E-state index in [0.717, 1.165) is 12.1 Å². The van der Waals surface area contributed by atoms with E-state index in [9.17, 15) is 22.3 Å². The SMILES string of the molecule is CCC(O)c1cccc(CS(=O)(=O)c2ccc(-c3ccc(F)cc3F)cc2)c1. The topological polar surface area (TPSA) is 54.4 Å². The van der Waals surface area contributed by atoms with Gasteiger partial charge in [-0.25, -0.2) is 17.2 Å². The summed E-state index contributed by atoms with van der Waals surface area (Å²) in [7, 11) is -3.61. The zero-order valence-electron chi connectivity index (χ0n) is 15.3. The lowest BCUT2D eigenvalue weighted by Crippen LogP contribution is -2.06. The minimum absolute atomic E-state index is 0.111. The van der Waals surface area contributed by atoms with Gasteiger partial charge in [0.1, 0.15) is 11.6 Å². The van der Waals surface area contributed by atoms with E-state index in [2.05, 4.69) is 0 Å². The highest BCUT2D eigenvalue weighted by atomic mass is 32.2. The highest BCUT2D eigenvalue weighted by Gasteiger charge is 2.17. The van der Waals surface area contributed by atoms with Crippen molar-refractivity contribution in [3.8, 4) is 11.1 Å². The summed E-state index contributed by atoms with van der Waals surface area (Å²) in [5.41, 5.74) is 1.92. The first kappa shape index (κ1) is 20.2. The van der Waals surface area contributed by atoms with Crippen molar-refractivity contribution in [2.45, 2.75) is 30.1 Å². The fraction of sp³-hybridized carbons (Fsp3) is 0.182. The van der Waals surface area contributed by atoms with Crippen molar-refractivity contribution in [3.63, 3.8) is 0 Å². The van der Waals surface area contributed by atoms with Crippen molar-refractivity contribution >= 4 is 9.84 Å². The van der Waals surface area contributed by atoms with Crippen LogP contribution in [0.1, 0.15) is 30.6 Å². The second-order valence-corrected chi connectivity index (χ2v) is 8.57. The average Bonchev–Trinajstić information content (AvgIpc) is 2.67. The maximum absolute atomic E-state index is 13.9. The van der Waals surface area contributed by atoms with Gasteiger partial charge >= 0.3 is 0 Å². The minimum Gasteiger partial charge on any atom is -0.388 e. The lowest BCUT2D eigenvalue weighted by Gasteiger charge is -2.11. The molecule has 0 bridgehead atoms. The maximum atomic E-state index is 13.9. The van der Waals surface area contributed by atoms with Crippen LogP contribution < -0.4 is 0 Å². The Bertz CT molecular complexity index is 1080. The fourth-order valence-electron chi connectivity index (χ4n) is 2.99. The van der Waals surface area contributed by atoms with Crippen LogP contribution in [-0.2, 0) is 15.6 Å². The van der Waals surface area contributed by atoms with Gasteiger partial charge in [0.15, 0.2) is 9.84 Å². The van der Waals surface area contributed by atoms with Crippen LogP contribution in [0.5, 0.6) is 0 Å². The molecule has 3 nitrogen and oxygen atoms in total. The molecular formula is C22H20F2O3S. The monoisotopic (exact) mass is 402 g/mol. The molecule has 28 heavy (non-hydrogen) atoms. The zero-order chi connectivity index (χ0) is 20.3. The first-order valence-corrected chi connectivity index (χ1v) is 10.5. The van der Waals surface area contributed by atoms with Gasteiger partial charge in [-0.2, -0.15) is 0 Å². The van der Waals surface area contributed by atoms with E-state index in [0.29, 0.717) is 23.1 Å². The quantitative estimate of drug-likeness (QED) is 0.628. The molecule has 0 spiro atoms. The van der Waals surface area contributed by atoms with Gasteiger partial charge in [-0.05, 0) is 47.4 Å². The number of sulfone groups is 1. The number of hydrogen-bond donors (Lipinski definition) is 1. The van der Waals surface area contributed by atoms with E-state index >= 15 is 0 Å². The molecule has 0 fully saturated rings. The molecule has 0 aliphatic heterocycles. The number of aliphatic hydroxyl groups is 1. The lowest BCUT2D eigenvalue weighted by molar-refractivity contribution is 0.173. The number of aliphatic hydroxyl groups excluding tert-OH is 1. The summed E-state index contributed by atoms with van der Waals surface area (Å²) in [4.78, 5) is 0.111. The third-order valence-electron chi connectivity index (χ3n) is 4.53. The smallest absolute Gasteiger partial charge is 0.182 e. The molecule has 3 rings (SSSR count). The molecule has 6 heteroatoms. The Labute approximate surface area is 163 Å². The Morgan fingerprint density at radius 1 is 0.964 bits per heavy atom. The van der Waals surface area contributed by atoms with Crippen LogP contribution in [-0.4, -0.2) is 13.5 Å². The molecule has 0 aliphatic carbocycles. The van der Waals surface area contributed by atoms with Crippen LogP contribution in [0.25, 0.3) is 11.1 Å². The predicted molar refractivity (Wildman–Crippen MR) is 104 cm³/mol. The molecule has 1 unspecified atom stereocenters. The normalized spacial score (nSPS) is 12.7. The van der Waals surface area contributed by atoms with Crippen LogP contribution in [0.4, 0.5) is 8.78 Å². The number of hydrogen-bond acceptors (Lipinski definition) is 3. The van der Waals surface area contributed by atoms with Crippen LogP contribution in [0, 0.1) is 11.6 Å². The Morgan fingerprint density at radius 3 is 2.32 bits per heavy atom. The molecule has 0 amide bonds. The first-order valence-electron chi connectivity index (χ1n) is 8.85. The average molecular weight is 402 g/mol. The van der Waals surface area contributed by atoms with Gasteiger partial charge in [0.25, 0.3) is 0 Å².